The lowest BCUT2D eigenvalue weighted by Crippen LogP contribution is -2.41. The van der Waals surface area contributed by atoms with Crippen LogP contribution in [0.3, 0.4) is 0 Å². The first-order valence-electron chi connectivity index (χ1n) is 15.2. The number of benzene rings is 2. The average Bonchev–Trinajstić information content (AvgIpc) is 2.89. The van der Waals surface area contributed by atoms with Crippen molar-refractivity contribution in [3.8, 4) is 0 Å². The summed E-state index contributed by atoms with van der Waals surface area (Å²) >= 11 is 0. The highest BCUT2D eigenvalue weighted by Crippen LogP contribution is 2.36. The van der Waals surface area contributed by atoms with E-state index in [1.165, 1.54) is 12.1 Å². The minimum absolute atomic E-state index is 0.0655. The van der Waals surface area contributed by atoms with Crippen LogP contribution in [0.5, 0.6) is 0 Å². The number of hydrogen-bond acceptors (Lipinski definition) is 6. The zero-order valence-corrected chi connectivity index (χ0v) is 27.0. The molecule has 0 radical (unpaired) electrons. The quantitative estimate of drug-likeness (QED) is 0.301. The third-order valence-corrected chi connectivity index (χ3v) is 7.49. The smallest absolute Gasteiger partial charge is 0.306 e. The molecule has 2 heterocycles. The molecule has 12 heteroatoms. The summed E-state index contributed by atoms with van der Waals surface area (Å²) in [6, 6.07) is 6.61. The van der Waals surface area contributed by atoms with Crippen LogP contribution >= 0.6 is 0 Å². The average molecular weight is 651 g/mol. The molecule has 0 saturated carbocycles. The molecule has 2 amide bonds. The lowest BCUT2D eigenvalue weighted by atomic mass is 9.79. The fourth-order valence-electron chi connectivity index (χ4n) is 5.61. The van der Waals surface area contributed by atoms with Gasteiger partial charge in [-0.05, 0) is 76.6 Å². The number of amides is 2. The van der Waals surface area contributed by atoms with Crippen molar-refractivity contribution in [2.45, 2.75) is 90.3 Å². The first-order valence-corrected chi connectivity index (χ1v) is 15.2. The van der Waals surface area contributed by atoms with Crippen molar-refractivity contribution in [1.82, 2.24) is 10.6 Å². The topological polar surface area (TPSA) is 111 Å². The SMILES string of the molecule is CC(C)(C)OC(=O)CC1CNC(=O)CC1c1ccc(F)cc1F.CC(C)(C)OC(=O)CC1CNC(=O)CC1c1ccc(F)cc1F. The predicted octanol–water partition coefficient (Wildman–Crippen LogP) is 5.83. The summed E-state index contributed by atoms with van der Waals surface area (Å²) in [5.41, 5.74) is -0.693. The fraction of sp³-hybridized carbons (Fsp3) is 0.529. The van der Waals surface area contributed by atoms with Crippen LogP contribution in [0.4, 0.5) is 17.6 Å². The van der Waals surface area contributed by atoms with Crippen LogP contribution in [0.25, 0.3) is 0 Å². The van der Waals surface area contributed by atoms with Gasteiger partial charge in [-0.3, -0.25) is 19.2 Å². The molecule has 46 heavy (non-hydrogen) atoms. The van der Waals surface area contributed by atoms with E-state index >= 15 is 0 Å². The zero-order chi connectivity index (χ0) is 34.4. The summed E-state index contributed by atoms with van der Waals surface area (Å²) in [7, 11) is 0. The van der Waals surface area contributed by atoms with E-state index in [4.69, 9.17) is 9.47 Å². The van der Waals surface area contributed by atoms with Crippen LogP contribution in [0, 0.1) is 35.1 Å². The normalized spacial score (nSPS) is 21.7. The highest BCUT2D eigenvalue weighted by molar-refractivity contribution is 5.79. The highest BCUT2D eigenvalue weighted by Gasteiger charge is 2.36. The van der Waals surface area contributed by atoms with Crippen molar-refractivity contribution in [3.63, 3.8) is 0 Å². The van der Waals surface area contributed by atoms with E-state index in [0.29, 0.717) is 0 Å². The van der Waals surface area contributed by atoms with Gasteiger partial charge in [0.2, 0.25) is 11.8 Å². The number of halogens is 4. The van der Waals surface area contributed by atoms with Gasteiger partial charge in [0.05, 0.1) is 12.8 Å². The number of hydrogen-bond donors (Lipinski definition) is 2. The number of esters is 2. The minimum Gasteiger partial charge on any atom is -0.460 e. The molecular formula is C34H42F4N2O6. The largest absolute Gasteiger partial charge is 0.460 e. The number of nitrogens with one attached hydrogen (secondary N) is 2. The molecule has 2 fully saturated rings. The van der Waals surface area contributed by atoms with E-state index in [1.807, 2.05) is 0 Å². The maximum Gasteiger partial charge on any atom is 0.306 e. The van der Waals surface area contributed by atoms with Crippen LogP contribution in [-0.2, 0) is 28.7 Å². The number of ether oxygens (including phenoxy) is 2. The maximum atomic E-state index is 14.1. The van der Waals surface area contributed by atoms with Gasteiger partial charge in [0.1, 0.15) is 34.5 Å². The molecule has 252 valence electrons. The van der Waals surface area contributed by atoms with E-state index in [9.17, 15) is 36.7 Å². The highest BCUT2D eigenvalue weighted by atomic mass is 19.1. The molecule has 8 nitrogen and oxygen atoms in total. The lowest BCUT2D eigenvalue weighted by Gasteiger charge is -2.32. The van der Waals surface area contributed by atoms with Gasteiger partial charge in [-0.15, -0.1) is 0 Å². The maximum absolute atomic E-state index is 14.1. The number of carbonyl (C=O) groups excluding carboxylic acids is 4. The van der Waals surface area contributed by atoms with Gasteiger partial charge in [0.15, 0.2) is 0 Å². The number of carbonyl (C=O) groups is 4. The summed E-state index contributed by atoms with van der Waals surface area (Å²) in [5, 5.41) is 5.38. The monoisotopic (exact) mass is 650 g/mol. The summed E-state index contributed by atoms with van der Waals surface area (Å²) < 4.78 is 64.9. The van der Waals surface area contributed by atoms with E-state index in [0.717, 1.165) is 24.3 Å². The Balaban J connectivity index is 0.000000250. The molecule has 4 rings (SSSR count). The van der Waals surface area contributed by atoms with E-state index in [2.05, 4.69) is 10.6 Å². The Bertz CT molecular complexity index is 1330. The van der Waals surface area contributed by atoms with E-state index in [1.54, 1.807) is 41.5 Å². The summed E-state index contributed by atoms with van der Waals surface area (Å²) in [4.78, 5) is 47.4. The van der Waals surface area contributed by atoms with Gasteiger partial charge >= 0.3 is 11.9 Å². The Morgan fingerprint density at radius 3 is 1.33 bits per heavy atom. The van der Waals surface area contributed by atoms with Crippen molar-refractivity contribution < 1.29 is 46.2 Å². The van der Waals surface area contributed by atoms with Crippen LogP contribution in [0.2, 0.25) is 0 Å². The molecular weight excluding hydrogens is 608 g/mol. The van der Waals surface area contributed by atoms with Gasteiger partial charge in [-0.25, -0.2) is 17.6 Å². The van der Waals surface area contributed by atoms with Gasteiger partial charge in [-0.1, -0.05) is 12.1 Å². The van der Waals surface area contributed by atoms with Crippen molar-refractivity contribution >= 4 is 23.8 Å². The molecule has 2 aromatic rings. The molecule has 2 aromatic carbocycles. The Morgan fingerprint density at radius 1 is 0.674 bits per heavy atom. The molecule has 0 aliphatic carbocycles. The predicted molar refractivity (Wildman–Crippen MR) is 161 cm³/mol. The standard InChI is InChI=1S/2C17H21F2NO3/c2*1-17(2,3)23-16(22)6-10-9-20-15(21)8-13(10)12-5-4-11(18)7-14(12)19/h2*4-5,7,10,13H,6,8-9H2,1-3H3,(H,20,21). The first kappa shape index (κ1) is 36.5. The summed E-state index contributed by atoms with van der Waals surface area (Å²) in [5.74, 6) is -5.47. The molecule has 0 spiro atoms. The number of rotatable bonds is 6. The fourth-order valence-corrected chi connectivity index (χ4v) is 5.61. The molecule has 0 aromatic heterocycles. The lowest BCUT2D eigenvalue weighted by molar-refractivity contribution is -0.157. The van der Waals surface area contributed by atoms with Crippen LogP contribution < -0.4 is 10.6 Å². The second-order valence-corrected chi connectivity index (χ2v) is 13.7. The first-order chi connectivity index (χ1) is 21.3. The molecule has 4 atom stereocenters. The Labute approximate surface area is 266 Å². The van der Waals surface area contributed by atoms with Crippen molar-refractivity contribution in [2.75, 3.05) is 13.1 Å². The third kappa shape index (κ3) is 11.1. The Hall–Kier alpha value is -3.96. The molecule has 2 N–H and O–H groups in total. The van der Waals surface area contributed by atoms with Crippen molar-refractivity contribution in [2.24, 2.45) is 11.8 Å². The van der Waals surface area contributed by atoms with Crippen LogP contribution in [0.15, 0.2) is 36.4 Å². The Morgan fingerprint density at radius 2 is 1.02 bits per heavy atom. The number of piperidine rings is 2. The molecule has 2 saturated heterocycles. The third-order valence-electron chi connectivity index (χ3n) is 7.49. The minimum atomic E-state index is -0.695. The second-order valence-electron chi connectivity index (χ2n) is 13.7. The van der Waals surface area contributed by atoms with Gasteiger partial charge in [-0.2, -0.15) is 0 Å². The zero-order valence-electron chi connectivity index (χ0n) is 27.0. The molecule has 2 aliphatic heterocycles. The van der Waals surface area contributed by atoms with Crippen molar-refractivity contribution in [3.05, 3.63) is 70.8 Å². The van der Waals surface area contributed by atoms with Gasteiger partial charge in [0.25, 0.3) is 0 Å². The van der Waals surface area contributed by atoms with Crippen molar-refractivity contribution in [1.29, 1.82) is 0 Å². The van der Waals surface area contributed by atoms with E-state index in [-0.39, 0.29) is 73.5 Å². The second kappa shape index (κ2) is 15.1. The summed E-state index contributed by atoms with van der Waals surface area (Å²) in [6.07, 6.45) is 0.268. The van der Waals surface area contributed by atoms with E-state index < -0.39 is 58.2 Å². The van der Waals surface area contributed by atoms with Gasteiger partial charge in [0, 0.05) is 49.9 Å². The molecule has 2 aliphatic rings. The summed E-state index contributed by atoms with van der Waals surface area (Å²) in [6.45, 7) is 11.1. The molecule has 4 unspecified atom stereocenters. The van der Waals surface area contributed by atoms with Crippen LogP contribution in [-0.4, -0.2) is 48.0 Å². The van der Waals surface area contributed by atoms with Gasteiger partial charge < -0.3 is 20.1 Å². The Kier molecular flexibility index (Phi) is 12.0. The molecule has 0 bridgehead atoms. The van der Waals surface area contributed by atoms with Crippen LogP contribution in [0.1, 0.15) is 90.2 Å².